The van der Waals surface area contributed by atoms with Gasteiger partial charge in [-0.15, -0.1) is 0 Å². The number of esters is 1. The highest BCUT2D eigenvalue weighted by atomic mass is 16.5. The number of allylic oxidation sites excluding steroid dienone is 2. The van der Waals surface area contributed by atoms with E-state index >= 15 is 0 Å². The number of nitrogens with zero attached hydrogens (tertiary/aromatic N) is 1. The van der Waals surface area contributed by atoms with Gasteiger partial charge in [-0.2, -0.15) is 0 Å². The SMILES string of the molecule is O=C(CN1C(=O)[C@H]2CC=CC[C@@H]2C1=O)OCC(=O)c1ccccc1. The lowest BCUT2D eigenvalue weighted by molar-refractivity contribution is -0.152. The average Bonchev–Trinajstić information content (AvgIpc) is 2.86. The van der Waals surface area contributed by atoms with E-state index in [1.807, 2.05) is 12.2 Å². The Hall–Kier alpha value is -2.76. The minimum atomic E-state index is -0.757. The summed E-state index contributed by atoms with van der Waals surface area (Å²) in [5.41, 5.74) is 0.440. The fraction of sp³-hybridized carbons (Fsp3) is 0.333. The molecule has 1 aromatic carbocycles. The number of likely N-dealkylation sites (tertiary alicyclic amines) is 1. The van der Waals surface area contributed by atoms with E-state index in [9.17, 15) is 19.2 Å². The number of hydrogen-bond acceptors (Lipinski definition) is 5. The number of carbonyl (C=O) groups excluding carboxylic acids is 4. The third-order valence-electron chi connectivity index (χ3n) is 4.35. The smallest absolute Gasteiger partial charge is 0.326 e. The van der Waals surface area contributed by atoms with Crippen molar-refractivity contribution in [2.45, 2.75) is 12.8 Å². The fourth-order valence-corrected chi connectivity index (χ4v) is 3.05. The molecule has 6 heteroatoms. The molecule has 1 aromatic rings. The number of carbonyl (C=O) groups is 4. The molecule has 1 heterocycles. The van der Waals surface area contributed by atoms with Gasteiger partial charge in [0.1, 0.15) is 6.54 Å². The zero-order chi connectivity index (χ0) is 17.1. The first-order valence-electron chi connectivity index (χ1n) is 7.82. The Kier molecular flexibility index (Phi) is 4.55. The molecule has 2 atom stereocenters. The first-order valence-corrected chi connectivity index (χ1v) is 7.82. The Morgan fingerprint density at radius 3 is 2.17 bits per heavy atom. The Labute approximate surface area is 139 Å². The molecule has 24 heavy (non-hydrogen) atoms. The van der Waals surface area contributed by atoms with E-state index in [4.69, 9.17) is 4.74 Å². The van der Waals surface area contributed by atoms with Crippen LogP contribution in [0, 0.1) is 11.8 Å². The summed E-state index contributed by atoms with van der Waals surface area (Å²) in [6.45, 7) is -0.847. The molecule has 0 spiro atoms. The number of benzene rings is 1. The molecule has 0 aromatic heterocycles. The van der Waals surface area contributed by atoms with E-state index in [-0.39, 0.29) is 29.4 Å². The van der Waals surface area contributed by atoms with Gasteiger partial charge in [0.2, 0.25) is 11.8 Å². The van der Waals surface area contributed by atoms with Crippen molar-refractivity contribution >= 4 is 23.6 Å². The summed E-state index contributed by atoms with van der Waals surface area (Å²) in [6, 6.07) is 8.46. The van der Waals surface area contributed by atoms with Crippen molar-refractivity contribution in [1.29, 1.82) is 0 Å². The predicted octanol–water partition coefficient (Wildman–Crippen LogP) is 1.36. The number of rotatable bonds is 5. The third kappa shape index (κ3) is 3.13. The van der Waals surface area contributed by atoms with E-state index in [1.165, 1.54) is 0 Å². The summed E-state index contributed by atoms with van der Waals surface area (Å²) in [5, 5.41) is 0. The second-order valence-corrected chi connectivity index (χ2v) is 5.87. The van der Waals surface area contributed by atoms with Gasteiger partial charge < -0.3 is 4.74 Å². The minimum Gasteiger partial charge on any atom is -0.456 e. The summed E-state index contributed by atoms with van der Waals surface area (Å²) in [5.74, 6) is -2.50. The number of Topliss-reactive ketones (excluding diaryl/α,β-unsaturated/α-hetero) is 1. The van der Waals surface area contributed by atoms with Gasteiger partial charge in [0.15, 0.2) is 12.4 Å². The van der Waals surface area contributed by atoms with Crippen molar-refractivity contribution in [3.05, 3.63) is 48.0 Å². The summed E-state index contributed by atoms with van der Waals surface area (Å²) >= 11 is 0. The molecule has 0 N–H and O–H groups in total. The highest BCUT2D eigenvalue weighted by molar-refractivity contribution is 6.07. The second-order valence-electron chi connectivity index (χ2n) is 5.87. The maximum Gasteiger partial charge on any atom is 0.326 e. The number of fused-ring (bicyclic) bond motifs is 1. The Balaban J connectivity index is 1.55. The number of imide groups is 1. The topological polar surface area (TPSA) is 80.8 Å². The van der Waals surface area contributed by atoms with Gasteiger partial charge in [0, 0.05) is 5.56 Å². The maximum atomic E-state index is 12.2. The number of amides is 2. The minimum absolute atomic E-state index is 0.333. The van der Waals surface area contributed by atoms with Gasteiger partial charge in [-0.05, 0) is 12.8 Å². The van der Waals surface area contributed by atoms with Crippen molar-refractivity contribution < 1.29 is 23.9 Å². The van der Waals surface area contributed by atoms with Crippen LogP contribution in [0.4, 0.5) is 0 Å². The Morgan fingerprint density at radius 1 is 1.00 bits per heavy atom. The zero-order valence-electron chi connectivity index (χ0n) is 13.0. The van der Waals surface area contributed by atoms with E-state index in [0.29, 0.717) is 18.4 Å². The third-order valence-corrected chi connectivity index (χ3v) is 4.35. The normalized spacial score (nSPS) is 22.4. The predicted molar refractivity (Wildman–Crippen MR) is 83.8 cm³/mol. The zero-order valence-corrected chi connectivity index (χ0v) is 13.0. The molecule has 2 amide bonds. The molecule has 3 rings (SSSR count). The van der Waals surface area contributed by atoms with Crippen LogP contribution in [0.5, 0.6) is 0 Å². The summed E-state index contributed by atoms with van der Waals surface area (Å²) in [7, 11) is 0. The summed E-state index contributed by atoms with van der Waals surface area (Å²) in [6.07, 6.45) is 4.81. The first kappa shape index (κ1) is 16.1. The molecular weight excluding hydrogens is 310 g/mol. The molecule has 0 unspecified atom stereocenters. The van der Waals surface area contributed by atoms with Crippen molar-refractivity contribution in [3.63, 3.8) is 0 Å². The molecule has 1 aliphatic carbocycles. The molecule has 2 aliphatic rings. The number of ketones is 1. The molecule has 1 fully saturated rings. The van der Waals surface area contributed by atoms with E-state index < -0.39 is 19.1 Å². The van der Waals surface area contributed by atoms with Crippen LogP contribution in [-0.2, 0) is 19.1 Å². The van der Waals surface area contributed by atoms with Crippen molar-refractivity contribution in [3.8, 4) is 0 Å². The summed E-state index contributed by atoms with van der Waals surface area (Å²) in [4.78, 5) is 49.2. The number of hydrogen-bond donors (Lipinski definition) is 0. The molecule has 124 valence electrons. The van der Waals surface area contributed by atoms with Gasteiger partial charge in [0.05, 0.1) is 11.8 Å². The van der Waals surface area contributed by atoms with Crippen LogP contribution in [0.15, 0.2) is 42.5 Å². The Bertz CT molecular complexity index is 683. The highest BCUT2D eigenvalue weighted by Crippen LogP contribution is 2.34. The molecule has 0 radical (unpaired) electrons. The van der Waals surface area contributed by atoms with Gasteiger partial charge in [-0.25, -0.2) is 0 Å². The quantitative estimate of drug-likeness (QED) is 0.353. The molecular formula is C18H17NO5. The molecule has 6 nitrogen and oxygen atoms in total. The highest BCUT2D eigenvalue weighted by Gasteiger charge is 2.47. The van der Waals surface area contributed by atoms with Crippen LogP contribution in [0.2, 0.25) is 0 Å². The number of ether oxygens (including phenoxy) is 1. The van der Waals surface area contributed by atoms with Gasteiger partial charge >= 0.3 is 5.97 Å². The van der Waals surface area contributed by atoms with E-state index in [2.05, 4.69) is 0 Å². The lowest BCUT2D eigenvalue weighted by Gasteiger charge is -2.14. The van der Waals surface area contributed by atoms with Crippen LogP contribution in [0.1, 0.15) is 23.2 Å². The molecule has 1 aliphatic heterocycles. The Morgan fingerprint density at radius 2 is 1.58 bits per heavy atom. The van der Waals surface area contributed by atoms with Crippen molar-refractivity contribution in [2.24, 2.45) is 11.8 Å². The largest absolute Gasteiger partial charge is 0.456 e. The van der Waals surface area contributed by atoms with Crippen molar-refractivity contribution in [1.82, 2.24) is 4.90 Å². The average molecular weight is 327 g/mol. The van der Waals surface area contributed by atoms with E-state index in [1.54, 1.807) is 30.3 Å². The van der Waals surface area contributed by atoms with Crippen LogP contribution in [-0.4, -0.2) is 41.6 Å². The fourth-order valence-electron chi connectivity index (χ4n) is 3.05. The lowest BCUT2D eigenvalue weighted by Crippen LogP contribution is -2.37. The molecule has 0 bridgehead atoms. The molecule has 1 saturated heterocycles. The van der Waals surface area contributed by atoms with Gasteiger partial charge in [-0.1, -0.05) is 42.5 Å². The van der Waals surface area contributed by atoms with Crippen molar-refractivity contribution in [2.75, 3.05) is 13.2 Å². The maximum absolute atomic E-state index is 12.2. The van der Waals surface area contributed by atoms with E-state index in [0.717, 1.165) is 4.90 Å². The lowest BCUT2D eigenvalue weighted by atomic mass is 9.85. The second kappa shape index (κ2) is 6.78. The first-order chi connectivity index (χ1) is 11.6. The van der Waals surface area contributed by atoms with Gasteiger partial charge in [0.25, 0.3) is 0 Å². The standard InChI is InChI=1S/C18H17NO5/c20-15(12-6-2-1-3-7-12)11-24-16(21)10-19-17(22)13-8-4-5-9-14(13)18(19)23/h1-7,13-14H,8-11H2/t13-,14-/m0/s1. The monoisotopic (exact) mass is 327 g/mol. The van der Waals surface area contributed by atoms with Crippen LogP contribution in [0.25, 0.3) is 0 Å². The van der Waals surface area contributed by atoms with Crippen LogP contribution < -0.4 is 0 Å². The molecule has 0 saturated carbocycles. The van der Waals surface area contributed by atoms with Crippen LogP contribution in [0.3, 0.4) is 0 Å². The van der Waals surface area contributed by atoms with Crippen LogP contribution >= 0.6 is 0 Å². The van der Waals surface area contributed by atoms with Gasteiger partial charge in [-0.3, -0.25) is 24.1 Å². The summed E-state index contributed by atoms with van der Waals surface area (Å²) < 4.78 is 4.92.